The smallest absolute Gasteiger partial charge is 0.307 e. The van der Waals surface area contributed by atoms with Crippen molar-refractivity contribution in [3.8, 4) is 5.75 Å². The molecule has 1 aliphatic carbocycles. The van der Waals surface area contributed by atoms with Crippen LogP contribution in [-0.2, 0) is 21.1 Å². The lowest BCUT2D eigenvalue weighted by Crippen LogP contribution is -2.31. The van der Waals surface area contributed by atoms with Gasteiger partial charge in [0.1, 0.15) is 11.4 Å². The Hall–Kier alpha value is -1.73. The van der Waals surface area contributed by atoms with Crippen LogP contribution in [0.4, 0.5) is 0 Å². The maximum atomic E-state index is 12.3. The van der Waals surface area contributed by atoms with Gasteiger partial charge in [-0.2, -0.15) is 11.8 Å². The van der Waals surface area contributed by atoms with Crippen molar-refractivity contribution in [3.63, 3.8) is 0 Å². The summed E-state index contributed by atoms with van der Waals surface area (Å²) in [6.45, 7) is 1.89. The van der Waals surface area contributed by atoms with E-state index in [2.05, 4.69) is 0 Å². The Balaban J connectivity index is 1.64. The Kier molecular flexibility index (Phi) is 4.97. The van der Waals surface area contributed by atoms with Crippen molar-refractivity contribution in [2.75, 3.05) is 11.5 Å². The SMILES string of the molecule is CC1(Oc2ccc(CC(=O)O)cc2)C=CC(S(=O)(=O)CC2CS2)=CC1. The minimum absolute atomic E-state index is 0.0271. The molecule has 134 valence electrons. The van der Waals surface area contributed by atoms with Crippen LogP contribution in [-0.4, -0.2) is 41.9 Å². The number of allylic oxidation sites excluding steroid dienone is 1. The molecule has 2 unspecified atom stereocenters. The number of carboxylic acids is 1. The van der Waals surface area contributed by atoms with E-state index in [9.17, 15) is 13.2 Å². The molecule has 1 saturated heterocycles. The van der Waals surface area contributed by atoms with Crippen LogP contribution in [0.3, 0.4) is 0 Å². The van der Waals surface area contributed by atoms with E-state index in [0.717, 1.165) is 5.75 Å². The lowest BCUT2D eigenvalue weighted by molar-refractivity contribution is -0.136. The fourth-order valence-corrected chi connectivity index (χ4v) is 5.37. The van der Waals surface area contributed by atoms with Gasteiger partial charge in [-0.25, -0.2) is 8.42 Å². The maximum absolute atomic E-state index is 12.3. The molecule has 1 N–H and O–H groups in total. The number of rotatable bonds is 7. The number of hydrogen-bond acceptors (Lipinski definition) is 5. The normalized spacial score (nSPS) is 25.3. The lowest BCUT2D eigenvalue weighted by atomic mass is 9.97. The van der Waals surface area contributed by atoms with Gasteiger partial charge >= 0.3 is 5.97 Å². The number of carbonyl (C=O) groups is 1. The summed E-state index contributed by atoms with van der Waals surface area (Å²) >= 11 is 1.67. The van der Waals surface area contributed by atoms with Crippen molar-refractivity contribution in [2.24, 2.45) is 0 Å². The van der Waals surface area contributed by atoms with Crippen molar-refractivity contribution >= 4 is 27.6 Å². The van der Waals surface area contributed by atoms with Gasteiger partial charge in [-0.3, -0.25) is 4.79 Å². The van der Waals surface area contributed by atoms with Crippen LogP contribution < -0.4 is 4.74 Å². The zero-order valence-corrected chi connectivity index (χ0v) is 15.5. The van der Waals surface area contributed by atoms with Gasteiger partial charge < -0.3 is 9.84 Å². The first-order valence-electron chi connectivity index (χ1n) is 7.99. The summed E-state index contributed by atoms with van der Waals surface area (Å²) in [6, 6.07) is 6.91. The molecule has 1 heterocycles. The summed E-state index contributed by atoms with van der Waals surface area (Å²) in [4.78, 5) is 11.1. The van der Waals surface area contributed by atoms with E-state index in [1.165, 1.54) is 0 Å². The predicted octanol–water partition coefficient (Wildman–Crippen LogP) is 2.83. The molecule has 1 aliphatic heterocycles. The molecular weight excluding hydrogens is 360 g/mol. The van der Waals surface area contributed by atoms with E-state index in [1.54, 1.807) is 54.3 Å². The molecule has 25 heavy (non-hydrogen) atoms. The highest BCUT2D eigenvalue weighted by Gasteiger charge is 2.33. The van der Waals surface area contributed by atoms with Crippen LogP contribution in [0.25, 0.3) is 0 Å². The van der Waals surface area contributed by atoms with Gasteiger partial charge in [0.15, 0.2) is 9.84 Å². The molecule has 7 heteroatoms. The molecule has 0 amide bonds. The van der Waals surface area contributed by atoms with Crippen LogP contribution in [0.15, 0.2) is 47.4 Å². The van der Waals surface area contributed by atoms with Crippen LogP contribution in [0.2, 0.25) is 0 Å². The largest absolute Gasteiger partial charge is 0.483 e. The quantitative estimate of drug-likeness (QED) is 0.733. The summed E-state index contributed by atoms with van der Waals surface area (Å²) in [7, 11) is -3.22. The zero-order chi connectivity index (χ0) is 18.1. The van der Waals surface area contributed by atoms with Crippen molar-refractivity contribution < 1.29 is 23.1 Å². The maximum Gasteiger partial charge on any atom is 0.307 e. The van der Waals surface area contributed by atoms with Crippen LogP contribution in [0, 0.1) is 0 Å². The van der Waals surface area contributed by atoms with Gasteiger partial charge in [0.25, 0.3) is 0 Å². The number of carboxylic acid groups (broad SMARTS) is 1. The van der Waals surface area contributed by atoms with Crippen LogP contribution in [0.1, 0.15) is 18.9 Å². The molecular formula is C18H20O5S2. The summed E-state index contributed by atoms with van der Waals surface area (Å²) in [6.07, 6.45) is 5.57. The lowest BCUT2D eigenvalue weighted by Gasteiger charge is -2.29. The fourth-order valence-electron chi connectivity index (χ4n) is 2.63. The first-order valence-corrected chi connectivity index (χ1v) is 10.7. The third-order valence-electron chi connectivity index (χ3n) is 4.11. The van der Waals surface area contributed by atoms with Gasteiger partial charge in [-0.1, -0.05) is 18.2 Å². The second-order valence-corrected chi connectivity index (χ2v) is 9.88. The Bertz CT molecular complexity index is 820. The summed E-state index contributed by atoms with van der Waals surface area (Å²) in [5, 5.41) is 9.03. The number of aliphatic carboxylic acids is 1. The minimum atomic E-state index is -3.22. The van der Waals surface area contributed by atoms with Crippen LogP contribution in [0.5, 0.6) is 5.75 Å². The highest BCUT2D eigenvalue weighted by molar-refractivity contribution is 8.08. The molecule has 1 aromatic rings. The summed E-state index contributed by atoms with van der Waals surface area (Å²) < 4.78 is 30.6. The fraction of sp³-hybridized carbons (Fsp3) is 0.389. The number of hydrogen-bond donors (Lipinski definition) is 1. The molecule has 3 rings (SSSR count). The Morgan fingerprint density at radius 1 is 1.36 bits per heavy atom. The highest BCUT2D eigenvalue weighted by atomic mass is 32.2. The Morgan fingerprint density at radius 2 is 2.04 bits per heavy atom. The van der Waals surface area contributed by atoms with Gasteiger partial charge in [0.2, 0.25) is 0 Å². The number of thioether (sulfide) groups is 1. The van der Waals surface area contributed by atoms with Crippen molar-refractivity contribution in [1.82, 2.24) is 0 Å². The second-order valence-electron chi connectivity index (χ2n) is 6.51. The third kappa shape index (κ3) is 4.89. The molecule has 0 bridgehead atoms. The predicted molar refractivity (Wildman–Crippen MR) is 98.7 cm³/mol. The molecule has 0 spiro atoms. The first kappa shape index (κ1) is 18.1. The van der Waals surface area contributed by atoms with Gasteiger partial charge in [0.05, 0.1) is 17.1 Å². The number of ether oxygens (including phenoxy) is 1. The first-order chi connectivity index (χ1) is 11.8. The van der Waals surface area contributed by atoms with Crippen LogP contribution >= 0.6 is 11.8 Å². The van der Waals surface area contributed by atoms with Gasteiger partial charge in [0, 0.05) is 17.4 Å². The van der Waals surface area contributed by atoms with E-state index in [-0.39, 0.29) is 17.4 Å². The van der Waals surface area contributed by atoms with Gasteiger partial charge in [-0.15, -0.1) is 0 Å². The topological polar surface area (TPSA) is 80.7 Å². The van der Waals surface area contributed by atoms with E-state index < -0.39 is 21.4 Å². The summed E-state index contributed by atoms with van der Waals surface area (Å²) in [5.41, 5.74) is 0.0807. The van der Waals surface area contributed by atoms with E-state index >= 15 is 0 Å². The molecule has 1 fully saturated rings. The van der Waals surface area contributed by atoms with Crippen molar-refractivity contribution in [2.45, 2.75) is 30.6 Å². The number of benzene rings is 1. The highest BCUT2D eigenvalue weighted by Crippen LogP contribution is 2.34. The van der Waals surface area contributed by atoms with Gasteiger partial charge in [-0.05, 0) is 36.8 Å². The van der Waals surface area contributed by atoms with E-state index in [1.807, 2.05) is 6.92 Å². The van der Waals surface area contributed by atoms with E-state index in [0.29, 0.717) is 22.6 Å². The minimum Gasteiger partial charge on any atom is -0.483 e. The molecule has 0 aromatic heterocycles. The molecule has 0 radical (unpaired) electrons. The van der Waals surface area contributed by atoms with Crippen molar-refractivity contribution in [3.05, 3.63) is 53.0 Å². The number of sulfone groups is 1. The second kappa shape index (κ2) is 6.88. The molecule has 1 aromatic carbocycles. The molecule has 0 saturated carbocycles. The Labute approximate surface area is 151 Å². The molecule has 2 aliphatic rings. The monoisotopic (exact) mass is 380 g/mol. The Morgan fingerprint density at radius 3 is 2.56 bits per heavy atom. The van der Waals surface area contributed by atoms with Crippen molar-refractivity contribution in [1.29, 1.82) is 0 Å². The standard InChI is InChI=1S/C18H20O5S2/c1-18(23-14-4-2-13(3-5-14)10-17(19)20)8-6-16(7-9-18)25(21,22)12-15-11-24-15/h2-8,15H,9-12H2,1H3,(H,19,20). The summed E-state index contributed by atoms with van der Waals surface area (Å²) in [5.74, 6) is 0.875. The molecule has 2 atom stereocenters. The zero-order valence-electron chi connectivity index (χ0n) is 13.8. The average molecular weight is 380 g/mol. The van der Waals surface area contributed by atoms with E-state index in [4.69, 9.17) is 9.84 Å². The molecule has 5 nitrogen and oxygen atoms in total. The third-order valence-corrected chi connectivity index (χ3v) is 7.15. The average Bonchev–Trinajstić information content (AvgIpc) is 3.32.